The summed E-state index contributed by atoms with van der Waals surface area (Å²) in [6, 6.07) is 17.6. The van der Waals surface area contributed by atoms with Crippen LogP contribution in [0.25, 0.3) is 10.9 Å². The highest BCUT2D eigenvalue weighted by Gasteiger charge is 2.30. The molecule has 1 heterocycles. The number of aromatic amines is 1. The zero-order valence-corrected chi connectivity index (χ0v) is 38.3. The minimum absolute atomic E-state index is 0.0356. The SMILES string of the molecule is CCCC[C@H](NC(=O)[C@@H](Cc1c[nH]c2ccccc12)NC(=O)CNC(=O)[C@H](CCSC)NC(=O)[C@H](Cc1ccc(OS(=O)(=O)O)cc1)NC(=O)CCC(=O)O)C(=O)NCCc1ccccc1. The van der Waals surface area contributed by atoms with Crippen molar-refractivity contribution in [2.75, 3.05) is 25.1 Å². The van der Waals surface area contributed by atoms with Crippen LogP contribution in [-0.4, -0.2) is 114 Å². The van der Waals surface area contributed by atoms with E-state index < -0.39 is 89.5 Å². The number of hydrogen-bond donors (Lipinski definition) is 9. The van der Waals surface area contributed by atoms with Crippen molar-refractivity contribution < 1.29 is 55.8 Å². The molecule has 356 valence electrons. The first-order valence-electron chi connectivity index (χ1n) is 21.4. The number of carboxylic acid groups (broad SMARTS) is 1. The van der Waals surface area contributed by atoms with Gasteiger partial charge in [0, 0.05) is 42.9 Å². The quantitative estimate of drug-likeness (QED) is 0.0370. The summed E-state index contributed by atoms with van der Waals surface area (Å²) in [5.74, 6) is -5.12. The predicted octanol–water partition coefficient (Wildman–Crippen LogP) is 2.36. The monoisotopic (exact) mass is 951 g/mol. The fourth-order valence-electron chi connectivity index (χ4n) is 6.82. The summed E-state index contributed by atoms with van der Waals surface area (Å²) in [5.41, 5.74) is 2.97. The molecule has 19 nitrogen and oxygen atoms in total. The molecule has 4 atom stereocenters. The van der Waals surface area contributed by atoms with Gasteiger partial charge in [-0.25, -0.2) is 0 Å². The van der Waals surface area contributed by atoms with Gasteiger partial charge in [0.05, 0.1) is 13.0 Å². The number of amides is 6. The first kappa shape index (κ1) is 52.2. The van der Waals surface area contributed by atoms with Gasteiger partial charge < -0.3 is 46.2 Å². The van der Waals surface area contributed by atoms with Gasteiger partial charge in [0.25, 0.3) is 0 Å². The Morgan fingerprint density at radius 3 is 1.97 bits per heavy atom. The largest absolute Gasteiger partial charge is 0.481 e. The summed E-state index contributed by atoms with van der Waals surface area (Å²) in [4.78, 5) is 95.5. The van der Waals surface area contributed by atoms with Crippen LogP contribution < -0.4 is 36.1 Å². The Kier molecular flexibility index (Phi) is 20.9. The van der Waals surface area contributed by atoms with Gasteiger partial charge in [-0.15, -0.1) is 0 Å². The molecular formula is C45H57N7O12S2. The summed E-state index contributed by atoms with van der Waals surface area (Å²) in [6.07, 6.45) is 4.86. The highest BCUT2D eigenvalue weighted by molar-refractivity contribution is 7.98. The van der Waals surface area contributed by atoms with E-state index in [1.807, 2.05) is 61.5 Å². The van der Waals surface area contributed by atoms with Gasteiger partial charge in [-0.3, -0.25) is 38.1 Å². The number of para-hydroxylation sites is 1. The van der Waals surface area contributed by atoms with Gasteiger partial charge in [-0.2, -0.15) is 20.2 Å². The second kappa shape index (κ2) is 26.5. The topological polar surface area (TPSA) is 291 Å². The van der Waals surface area contributed by atoms with Gasteiger partial charge in [-0.05, 0) is 66.2 Å². The van der Waals surface area contributed by atoms with Gasteiger partial charge in [0.15, 0.2) is 0 Å². The fraction of sp³-hybridized carbons (Fsp3) is 0.400. The van der Waals surface area contributed by atoms with Gasteiger partial charge in [0.2, 0.25) is 35.4 Å². The van der Waals surface area contributed by atoms with Crippen molar-refractivity contribution in [3.05, 3.63) is 102 Å². The van der Waals surface area contributed by atoms with Crippen molar-refractivity contribution in [3.8, 4) is 5.75 Å². The standard InChI is InChI=1S/C45H57N7O12S2/c1-3-4-13-35(42(57)46-23-21-29-10-6-5-7-11-29)51-45(60)38(26-31-27-47-34-14-9-8-12-33(31)34)50-40(54)28-48-43(58)36(22-24-65-2)52-44(59)37(49-39(53)19-20-41(55)56)25-30-15-17-32(18-16-30)64-66(61,62)63/h5-12,14-18,27,35-38,47H,3-4,13,19-26,28H2,1-2H3,(H,46,57)(H,48,58)(H,49,53)(H,50,54)(H,51,60)(H,52,59)(H,55,56)(H,61,62,63)/t35-,36-,37-,38+/m0/s1. The molecule has 0 aliphatic rings. The summed E-state index contributed by atoms with van der Waals surface area (Å²) < 4.78 is 35.7. The number of thioether (sulfide) groups is 1. The van der Waals surface area contributed by atoms with E-state index in [1.165, 1.54) is 36.0 Å². The molecule has 0 fully saturated rings. The minimum Gasteiger partial charge on any atom is -0.481 e. The molecule has 66 heavy (non-hydrogen) atoms. The molecular weight excluding hydrogens is 895 g/mol. The van der Waals surface area contributed by atoms with E-state index in [0.29, 0.717) is 37.1 Å². The maximum absolute atomic E-state index is 14.1. The molecule has 0 bridgehead atoms. The summed E-state index contributed by atoms with van der Waals surface area (Å²) in [7, 11) is -4.81. The van der Waals surface area contributed by atoms with Crippen molar-refractivity contribution >= 4 is 74.5 Å². The van der Waals surface area contributed by atoms with E-state index in [9.17, 15) is 42.0 Å². The average molecular weight is 952 g/mol. The third-order valence-electron chi connectivity index (χ3n) is 10.2. The number of nitrogens with one attached hydrogen (secondary N) is 7. The van der Waals surface area contributed by atoms with E-state index in [4.69, 9.17) is 9.66 Å². The Morgan fingerprint density at radius 2 is 1.32 bits per heavy atom. The molecule has 3 aromatic carbocycles. The second-order valence-corrected chi connectivity index (χ2v) is 17.4. The number of benzene rings is 3. The molecule has 0 aliphatic heterocycles. The van der Waals surface area contributed by atoms with Crippen LogP contribution in [0, 0.1) is 0 Å². The first-order valence-corrected chi connectivity index (χ1v) is 24.1. The average Bonchev–Trinajstić information content (AvgIpc) is 3.69. The lowest BCUT2D eigenvalue weighted by Gasteiger charge is -2.24. The molecule has 4 aromatic rings. The first-order chi connectivity index (χ1) is 31.5. The molecule has 0 saturated carbocycles. The molecule has 0 spiro atoms. The van der Waals surface area contributed by atoms with Crippen LogP contribution in [0.4, 0.5) is 0 Å². The molecule has 4 rings (SSSR count). The lowest BCUT2D eigenvalue weighted by Crippen LogP contribution is -2.57. The van der Waals surface area contributed by atoms with Crippen LogP contribution in [0.1, 0.15) is 62.1 Å². The third-order valence-corrected chi connectivity index (χ3v) is 11.3. The van der Waals surface area contributed by atoms with E-state index in [-0.39, 0.29) is 30.9 Å². The smallest absolute Gasteiger partial charge is 0.446 e. The highest BCUT2D eigenvalue weighted by Crippen LogP contribution is 2.20. The number of aliphatic carboxylic acids is 1. The zero-order valence-electron chi connectivity index (χ0n) is 36.7. The fourth-order valence-corrected chi connectivity index (χ4v) is 7.65. The Bertz CT molecular complexity index is 2380. The summed E-state index contributed by atoms with van der Waals surface area (Å²) >= 11 is 1.38. The Balaban J connectivity index is 1.47. The minimum atomic E-state index is -4.81. The summed E-state index contributed by atoms with van der Waals surface area (Å²) in [6.45, 7) is 1.71. The molecule has 0 saturated heterocycles. The normalized spacial score (nSPS) is 13.0. The number of rotatable bonds is 28. The molecule has 6 amide bonds. The van der Waals surface area contributed by atoms with E-state index >= 15 is 0 Å². The number of carboxylic acids is 1. The summed E-state index contributed by atoms with van der Waals surface area (Å²) in [5, 5.41) is 26.0. The van der Waals surface area contributed by atoms with E-state index in [2.05, 4.69) is 41.1 Å². The maximum atomic E-state index is 14.1. The zero-order chi connectivity index (χ0) is 48.1. The highest BCUT2D eigenvalue weighted by atomic mass is 32.3. The Labute approximate surface area is 387 Å². The lowest BCUT2D eigenvalue weighted by molar-refractivity contribution is -0.139. The van der Waals surface area contributed by atoms with Crippen molar-refractivity contribution in [3.63, 3.8) is 0 Å². The molecule has 9 N–H and O–H groups in total. The number of aromatic nitrogens is 1. The Morgan fingerprint density at radius 1 is 0.697 bits per heavy atom. The maximum Gasteiger partial charge on any atom is 0.446 e. The van der Waals surface area contributed by atoms with Crippen LogP contribution in [0.5, 0.6) is 5.75 Å². The number of H-pyrrole nitrogens is 1. The molecule has 1 aromatic heterocycles. The number of fused-ring (bicyclic) bond motifs is 1. The lowest BCUT2D eigenvalue weighted by atomic mass is 10.0. The molecule has 0 radical (unpaired) electrons. The van der Waals surface area contributed by atoms with Gasteiger partial charge in [-0.1, -0.05) is 80.4 Å². The van der Waals surface area contributed by atoms with Crippen molar-refractivity contribution in [2.24, 2.45) is 0 Å². The molecule has 0 aliphatic carbocycles. The number of unbranched alkanes of at least 4 members (excludes halogenated alkanes) is 1. The second-order valence-electron chi connectivity index (χ2n) is 15.3. The molecule has 0 unspecified atom stereocenters. The van der Waals surface area contributed by atoms with E-state index in [1.54, 1.807) is 12.5 Å². The number of hydrogen-bond acceptors (Lipinski definition) is 11. The Hall–Kier alpha value is -6.45. The van der Waals surface area contributed by atoms with Crippen molar-refractivity contribution in [2.45, 2.75) is 88.9 Å². The van der Waals surface area contributed by atoms with Crippen molar-refractivity contribution in [1.29, 1.82) is 0 Å². The number of carbonyl (C=O) groups is 7. The van der Waals surface area contributed by atoms with Crippen LogP contribution in [0.2, 0.25) is 0 Å². The van der Waals surface area contributed by atoms with Gasteiger partial charge >= 0.3 is 16.4 Å². The van der Waals surface area contributed by atoms with Gasteiger partial charge in [0.1, 0.15) is 29.9 Å². The third kappa shape index (κ3) is 18.2. The van der Waals surface area contributed by atoms with E-state index in [0.717, 1.165) is 28.5 Å². The predicted molar refractivity (Wildman–Crippen MR) is 248 cm³/mol. The number of carbonyl (C=O) groups excluding carboxylic acids is 6. The van der Waals surface area contributed by atoms with Crippen molar-refractivity contribution in [1.82, 2.24) is 36.9 Å². The van der Waals surface area contributed by atoms with Crippen LogP contribution in [-0.2, 0) is 63.2 Å². The van der Waals surface area contributed by atoms with Crippen LogP contribution in [0.3, 0.4) is 0 Å². The van der Waals surface area contributed by atoms with Crippen LogP contribution >= 0.6 is 11.8 Å². The molecule has 21 heteroatoms. The van der Waals surface area contributed by atoms with Crippen LogP contribution in [0.15, 0.2) is 85.1 Å².